The topological polar surface area (TPSA) is 84.9 Å². The van der Waals surface area contributed by atoms with Crippen molar-refractivity contribution in [2.24, 2.45) is 5.73 Å². The monoisotopic (exact) mass is 270 g/mol. The maximum absolute atomic E-state index is 7.52. The van der Waals surface area contributed by atoms with Crippen LogP contribution in [0.4, 0.5) is 0 Å². The number of nitrogens with one attached hydrogen (secondary N) is 1. The molecule has 0 radical (unpaired) electrons. The lowest BCUT2D eigenvalue weighted by Gasteiger charge is -2.15. The lowest BCUT2D eigenvalue weighted by molar-refractivity contribution is 0.450. The zero-order chi connectivity index (χ0) is 14.7. The summed E-state index contributed by atoms with van der Waals surface area (Å²) < 4.78 is 5.85. The number of aromatic nitrogens is 2. The third-order valence-corrected chi connectivity index (χ3v) is 2.92. The minimum atomic E-state index is -0.160. The van der Waals surface area contributed by atoms with E-state index < -0.39 is 0 Å². The van der Waals surface area contributed by atoms with Crippen LogP contribution in [-0.4, -0.2) is 15.8 Å². The Bertz CT molecular complexity index is 638. The molecule has 104 valence electrons. The Balaban J connectivity index is 2.45. The second-order valence-electron chi connectivity index (χ2n) is 4.92. The van der Waals surface area contributed by atoms with Crippen molar-refractivity contribution >= 4 is 5.84 Å². The van der Waals surface area contributed by atoms with Gasteiger partial charge >= 0.3 is 0 Å². The van der Waals surface area contributed by atoms with E-state index in [1.807, 2.05) is 25.1 Å². The number of nitrogen functional groups attached to an aromatic ring is 1. The van der Waals surface area contributed by atoms with E-state index in [1.54, 1.807) is 0 Å². The summed E-state index contributed by atoms with van der Waals surface area (Å²) in [5.74, 6) is 1.14. The Morgan fingerprint density at radius 1 is 1.25 bits per heavy atom. The molecule has 3 N–H and O–H groups in total. The van der Waals surface area contributed by atoms with Crippen molar-refractivity contribution in [2.75, 3.05) is 0 Å². The summed E-state index contributed by atoms with van der Waals surface area (Å²) in [6, 6.07) is 6.04. The fourth-order valence-electron chi connectivity index (χ4n) is 1.90. The summed E-state index contributed by atoms with van der Waals surface area (Å²) in [6.07, 6.45) is 3.01. The van der Waals surface area contributed by atoms with Crippen LogP contribution < -0.4 is 10.5 Å². The van der Waals surface area contributed by atoms with Crippen LogP contribution in [0, 0.1) is 12.3 Å². The van der Waals surface area contributed by atoms with Crippen molar-refractivity contribution in [1.29, 1.82) is 5.41 Å². The quantitative estimate of drug-likeness (QED) is 0.660. The molecule has 0 aliphatic carbocycles. The highest BCUT2D eigenvalue weighted by molar-refractivity contribution is 5.95. The third-order valence-electron chi connectivity index (χ3n) is 2.92. The molecule has 0 atom stereocenters. The molecule has 0 bridgehead atoms. The largest absolute Gasteiger partial charge is 0.437 e. The van der Waals surface area contributed by atoms with Gasteiger partial charge in [-0.15, -0.1) is 0 Å². The van der Waals surface area contributed by atoms with Gasteiger partial charge in [-0.1, -0.05) is 26.0 Å². The van der Waals surface area contributed by atoms with Gasteiger partial charge in [0.25, 0.3) is 0 Å². The summed E-state index contributed by atoms with van der Waals surface area (Å²) in [6.45, 7) is 6.19. The molecule has 0 saturated heterocycles. The van der Waals surface area contributed by atoms with Gasteiger partial charge in [0.1, 0.15) is 11.6 Å². The lowest BCUT2D eigenvalue weighted by Crippen LogP contribution is -2.15. The first-order chi connectivity index (χ1) is 9.49. The minimum absolute atomic E-state index is 0.160. The Kier molecular flexibility index (Phi) is 3.98. The van der Waals surface area contributed by atoms with Crippen LogP contribution in [0.3, 0.4) is 0 Å². The van der Waals surface area contributed by atoms with Crippen molar-refractivity contribution in [2.45, 2.75) is 26.7 Å². The van der Waals surface area contributed by atoms with E-state index in [0.29, 0.717) is 5.92 Å². The number of hydrogen-bond donors (Lipinski definition) is 2. The Morgan fingerprint density at radius 2 is 1.95 bits per heavy atom. The molecule has 0 amide bonds. The fourth-order valence-corrected chi connectivity index (χ4v) is 1.90. The minimum Gasteiger partial charge on any atom is -0.437 e. The van der Waals surface area contributed by atoms with Gasteiger partial charge in [-0.25, -0.2) is 9.97 Å². The van der Waals surface area contributed by atoms with E-state index in [4.69, 9.17) is 15.9 Å². The van der Waals surface area contributed by atoms with Crippen LogP contribution in [0.2, 0.25) is 0 Å². The molecule has 0 unspecified atom stereocenters. The second kappa shape index (κ2) is 5.69. The van der Waals surface area contributed by atoms with E-state index in [9.17, 15) is 0 Å². The molecule has 1 heterocycles. The molecule has 0 aliphatic heterocycles. The smallest absolute Gasteiger partial charge is 0.249 e. The maximum Gasteiger partial charge on any atom is 0.249 e. The van der Waals surface area contributed by atoms with Crippen molar-refractivity contribution in [3.63, 3.8) is 0 Å². The summed E-state index contributed by atoms with van der Waals surface area (Å²) in [4.78, 5) is 8.15. The molecule has 5 nitrogen and oxygen atoms in total. The Hall–Kier alpha value is -2.43. The van der Waals surface area contributed by atoms with Crippen LogP contribution in [0.5, 0.6) is 11.6 Å². The van der Waals surface area contributed by atoms with Gasteiger partial charge in [-0.2, -0.15) is 0 Å². The molecular formula is C15H18N4O. The molecule has 1 aromatic carbocycles. The van der Waals surface area contributed by atoms with Crippen LogP contribution in [0.15, 0.2) is 30.6 Å². The highest BCUT2D eigenvalue weighted by Crippen LogP contribution is 2.31. The van der Waals surface area contributed by atoms with Crippen molar-refractivity contribution in [3.05, 3.63) is 47.4 Å². The van der Waals surface area contributed by atoms with Gasteiger partial charge in [0.15, 0.2) is 5.69 Å². The predicted octanol–water partition coefficient (Wildman–Crippen LogP) is 2.98. The molecule has 2 rings (SSSR count). The number of hydrogen-bond acceptors (Lipinski definition) is 4. The molecule has 0 spiro atoms. The zero-order valence-electron chi connectivity index (χ0n) is 11.8. The number of nitrogens with two attached hydrogens (primary N) is 1. The second-order valence-corrected chi connectivity index (χ2v) is 4.92. The number of nitrogens with zero attached hydrogens (tertiary/aromatic N) is 2. The number of amidine groups is 1. The molecule has 1 aromatic heterocycles. The standard InChI is InChI=1S/C15H18N4O/c1-9(2)11-5-4-10(3)8-12(11)20-15-13(14(16)17)18-6-7-19-15/h4-9H,1-3H3,(H3,16,17). The van der Waals surface area contributed by atoms with Gasteiger partial charge in [0.05, 0.1) is 0 Å². The van der Waals surface area contributed by atoms with Gasteiger partial charge in [0.2, 0.25) is 5.88 Å². The summed E-state index contributed by atoms with van der Waals surface area (Å²) >= 11 is 0. The SMILES string of the molecule is Cc1ccc(C(C)C)c(Oc2nccnc2C(=N)N)c1. The highest BCUT2D eigenvalue weighted by atomic mass is 16.5. The van der Waals surface area contributed by atoms with E-state index in [0.717, 1.165) is 16.9 Å². The Morgan fingerprint density at radius 3 is 2.60 bits per heavy atom. The number of benzene rings is 1. The fraction of sp³-hybridized carbons (Fsp3) is 0.267. The molecule has 0 aliphatic rings. The van der Waals surface area contributed by atoms with Gasteiger partial charge in [0, 0.05) is 12.4 Å². The highest BCUT2D eigenvalue weighted by Gasteiger charge is 2.14. The Labute approximate surface area is 118 Å². The van der Waals surface area contributed by atoms with Crippen molar-refractivity contribution in [1.82, 2.24) is 9.97 Å². The van der Waals surface area contributed by atoms with Gasteiger partial charge < -0.3 is 10.5 Å². The first-order valence-corrected chi connectivity index (χ1v) is 6.43. The molecular weight excluding hydrogens is 252 g/mol. The van der Waals surface area contributed by atoms with Crippen LogP contribution in [0.1, 0.15) is 36.6 Å². The number of aryl methyl sites for hydroxylation is 1. The van der Waals surface area contributed by atoms with E-state index >= 15 is 0 Å². The van der Waals surface area contributed by atoms with Crippen LogP contribution >= 0.6 is 0 Å². The van der Waals surface area contributed by atoms with E-state index in [2.05, 4.69) is 23.8 Å². The van der Waals surface area contributed by atoms with E-state index in [-0.39, 0.29) is 17.4 Å². The van der Waals surface area contributed by atoms with Crippen LogP contribution in [-0.2, 0) is 0 Å². The van der Waals surface area contributed by atoms with Crippen molar-refractivity contribution in [3.8, 4) is 11.6 Å². The zero-order valence-corrected chi connectivity index (χ0v) is 11.8. The summed E-state index contributed by atoms with van der Waals surface area (Å²) in [5.41, 5.74) is 7.92. The lowest BCUT2D eigenvalue weighted by atomic mass is 10.0. The number of ether oxygens (including phenoxy) is 1. The molecule has 20 heavy (non-hydrogen) atoms. The number of rotatable bonds is 4. The molecule has 2 aromatic rings. The van der Waals surface area contributed by atoms with Gasteiger partial charge in [-0.05, 0) is 30.0 Å². The molecule has 0 saturated carbocycles. The normalized spacial score (nSPS) is 10.6. The maximum atomic E-state index is 7.52. The van der Waals surface area contributed by atoms with Crippen LogP contribution in [0.25, 0.3) is 0 Å². The van der Waals surface area contributed by atoms with Gasteiger partial charge in [-0.3, -0.25) is 5.41 Å². The molecule has 0 fully saturated rings. The third kappa shape index (κ3) is 2.93. The first-order valence-electron chi connectivity index (χ1n) is 6.43. The predicted molar refractivity (Wildman–Crippen MR) is 78.4 cm³/mol. The first kappa shape index (κ1) is 14.0. The summed E-state index contributed by atoms with van der Waals surface area (Å²) in [5, 5.41) is 7.52. The van der Waals surface area contributed by atoms with Crippen molar-refractivity contribution < 1.29 is 4.74 Å². The average Bonchev–Trinajstić information content (AvgIpc) is 2.38. The van der Waals surface area contributed by atoms with E-state index in [1.165, 1.54) is 12.4 Å². The molecule has 5 heteroatoms. The summed E-state index contributed by atoms with van der Waals surface area (Å²) in [7, 11) is 0. The average molecular weight is 270 g/mol.